The molecule has 0 atom stereocenters. The Balaban J connectivity index is 0.000000280. The standard InChI is InChI=1S/C11H10Br.3ClH.Zr/c1-7-3-9-6-10(12)5-8(2)11(9)4-7;;;;/h3-6H,1-2H3;3*1H;/q-1;;;;+3/p-3. The average molecular weight is 420 g/mol. The molecule has 0 bridgehead atoms. The van der Waals surface area contributed by atoms with Gasteiger partial charge in [-0.15, -0.1) is 28.5 Å². The van der Waals surface area contributed by atoms with Gasteiger partial charge in [-0.2, -0.15) is 6.07 Å². The van der Waals surface area contributed by atoms with E-state index in [0.29, 0.717) is 0 Å². The molecule has 0 radical (unpaired) electrons. The Labute approximate surface area is 123 Å². The second kappa shape index (κ2) is 6.85. The van der Waals surface area contributed by atoms with Gasteiger partial charge in [0.05, 0.1) is 0 Å². The number of hydrogen-bond donors (Lipinski definition) is 0. The van der Waals surface area contributed by atoms with E-state index in [1.165, 1.54) is 21.9 Å². The van der Waals surface area contributed by atoms with E-state index in [-0.39, 0.29) is 0 Å². The van der Waals surface area contributed by atoms with E-state index < -0.39 is 18.2 Å². The summed E-state index contributed by atoms with van der Waals surface area (Å²) in [6, 6.07) is 8.77. The molecule has 0 N–H and O–H groups in total. The summed E-state index contributed by atoms with van der Waals surface area (Å²) >= 11 is 1.37. The first-order valence-electron chi connectivity index (χ1n) is 4.57. The summed E-state index contributed by atoms with van der Waals surface area (Å²) in [5.74, 6) is 0. The molecule has 87 valence electrons. The van der Waals surface area contributed by atoms with Gasteiger partial charge in [0.1, 0.15) is 0 Å². The zero-order valence-corrected chi connectivity index (χ0v) is 15.1. The van der Waals surface area contributed by atoms with Gasteiger partial charge in [-0.25, -0.2) is 0 Å². The van der Waals surface area contributed by atoms with Crippen LogP contribution < -0.4 is 0 Å². The van der Waals surface area contributed by atoms with Gasteiger partial charge < -0.3 is 0 Å². The van der Waals surface area contributed by atoms with Gasteiger partial charge in [0, 0.05) is 0 Å². The van der Waals surface area contributed by atoms with Crippen molar-refractivity contribution in [1.82, 2.24) is 0 Å². The van der Waals surface area contributed by atoms with E-state index in [1.54, 1.807) is 0 Å². The van der Waals surface area contributed by atoms with Crippen LogP contribution in [0.3, 0.4) is 0 Å². The van der Waals surface area contributed by atoms with Crippen molar-refractivity contribution < 1.29 is 18.2 Å². The molecule has 0 saturated heterocycles. The monoisotopic (exact) mass is 416 g/mol. The molecule has 0 heterocycles. The summed E-state index contributed by atoms with van der Waals surface area (Å²) in [4.78, 5) is 0. The van der Waals surface area contributed by atoms with Crippen molar-refractivity contribution in [3.63, 3.8) is 0 Å². The first-order valence-corrected chi connectivity index (χ1v) is 14.9. The fraction of sp³-hybridized carbons (Fsp3) is 0.182. The number of aryl methyl sites for hydroxylation is 2. The van der Waals surface area contributed by atoms with E-state index in [9.17, 15) is 0 Å². The van der Waals surface area contributed by atoms with Gasteiger partial charge in [-0.1, -0.05) is 34.5 Å². The molecule has 0 aliphatic heterocycles. The number of fused-ring (bicyclic) bond motifs is 1. The van der Waals surface area contributed by atoms with E-state index >= 15 is 0 Å². The molecular weight excluding hydrogens is 410 g/mol. The number of rotatable bonds is 0. The first kappa shape index (κ1) is 15.1. The van der Waals surface area contributed by atoms with E-state index in [1.807, 2.05) is 0 Å². The average Bonchev–Trinajstić information content (AvgIpc) is 2.44. The molecule has 2 rings (SSSR count). The topological polar surface area (TPSA) is 0 Å². The quantitative estimate of drug-likeness (QED) is 0.459. The summed E-state index contributed by atoms with van der Waals surface area (Å²) in [6.07, 6.45) is 0. The van der Waals surface area contributed by atoms with Crippen LogP contribution in [-0.2, 0) is 18.2 Å². The van der Waals surface area contributed by atoms with Gasteiger partial charge in [0.25, 0.3) is 0 Å². The Bertz CT molecular complexity index is 477. The molecular formula is C11H10BrCl3Zr-. The first-order chi connectivity index (χ1) is 7.40. The third-order valence-corrected chi connectivity index (χ3v) is 2.60. The van der Waals surface area contributed by atoms with Crippen LogP contribution in [0.1, 0.15) is 11.1 Å². The Hall–Kier alpha value is 1.06. The summed E-state index contributed by atoms with van der Waals surface area (Å²) < 4.78 is 1.16. The molecule has 0 aromatic heterocycles. The van der Waals surface area contributed by atoms with Crippen LogP contribution in [0, 0.1) is 13.8 Å². The molecule has 0 amide bonds. The Morgan fingerprint density at radius 1 is 1.12 bits per heavy atom. The van der Waals surface area contributed by atoms with Gasteiger partial charge in [0.2, 0.25) is 0 Å². The Morgan fingerprint density at radius 3 is 2.25 bits per heavy atom. The molecule has 2 aromatic rings. The number of halogens is 4. The summed E-state index contributed by atoms with van der Waals surface area (Å²) in [5, 5.41) is 2.70. The Morgan fingerprint density at radius 2 is 1.69 bits per heavy atom. The second-order valence-corrected chi connectivity index (χ2v) is 15.6. The third kappa shape index (κ3) is 4.74. The second-order valence-electron chi connectivity index (χ2n) is 3.47. The van der Waals surface area contributed by atoms with Crippen molar-refractivity contribution in [1.29, 1.82) is 0 Å². The molecule has 0 nitrogen and oxygen atoms in total. The van der Waals surface area contributed by atoms with Crippen molar-refractivity contribution >= 4 is 52.2 Å². The molecule has 16 heavy (non-hydrogen) atoms. The van der Waals surface area contributed by atoms with Gasteiger partial charge in [-0.3, -0.25) is 0 Å². The van der Waals surface area contributed by atoms with Crippen LogP contribution in [0.5, 0.6) is 0 Å². The molecule has 0 fully saturated rings. The molecule has 5 heteroatoms. The predicted octanol–water partition coefficient (Wildman–Crippen LogP) is 6.00. The Kier molecular flexibility index (Phi) is 6.48. The molecule has 2 aromatic carbocycles. The molecule has 0 aliphatic rings. The normalized spacial score (nSPS) is 9.88. The van der Waals surface area contributed by atoms with Crippen molar-refractivity contribution in [2.24, 2.45) is 0 Å². The third-order valence-electron chi connectivity index (χ3n) is 2.14. The van der Waals surface area contributed by atoms with Crippen LogP contribution in [-0.4, -0.2) is 0 Å². The van der Waals surface area contributed by atoms with E-state index in [2.05, 4.69) is 54.0 Å². The van der Waals surface area contributed by atoms with Gasteiger partial charge in [-0.05, 0) is 11.4 Å². The van der Waals surface area contributed by atoms with E-state index in [4.69, 9.17) is 25.5 Å². The van der Waals surface area contributed by atoms with Crippen LogP contribution in [0.15, 0.2) is 28.7 Å². The minimum atomic E-state index is -2.13. The van der Waals surface area contributed by atoms with Crippen molar-refractivity contribution in [2.75, 3.05) is 0 Å². The predicted molar refractivity (Wildman–Crippen MR) is 74.3 cm³/mol. The number of hydrogen-bond acceptors (Lipinski definition) is 0. The fourth-order valence-electron chi connectivity index (χ4n) is 1.61. The fourth-order valence-corrected chi connectivity index (χ4v) is 2.20. The van der Waals surface area contributed by atoms with Crippen LogP contribution in [0.2, 0.25) is 0 Å². The minimum absolute atomic E-state index is 1.16. The number of benzene rings is 1. The molecule has 0 spiro atoms. The summed E-state index contributed by atoms with van der Waals surface area (Å²) in [6.45, 7) is 4.28. The van der Waals surface area contributed by atoms with Crippen LogP contribution in [0.25, 0.3) is 10.8 Å². The zero-order valence-electron chi connectivity index (χ0n) is 8.82. The summed E-state index contributed by atoms with van der Waals surface area (Å²) in [5.41, 5.74) is 2.68. The maximum absolute atomic E-state index is 5.00. The molecule has 0 unspecified atom stereocenters. The van der Waals surface area contributed by atoms with Crippen molar-refractivity contribution in [3.05, 3.63) is 39.9 Å². The van der Waals surface area contributed by atoms with E-state index in [0.717, 1.165) is 4.47 Å². The van der Waals surface area contributed by atoms with Crippen LogP contribution in [0.4, 0.5) is 0 Å². The maximum atomic E-state index is 5.00. The molecule has 0 aliphatic carbocycles. The SMILES string of the molecule is Cc1cc2c(C)cc(Br)cc2[cH-]1.[Cl][Zr]([Cl])[Cl]. The zero-order chi connectivity index (χ0) is 12.3. The summed E-state index contributed by atoms with van der Waals surface area (Å²) in [7, 11) is 15.0. The molecule has 0 saturated carbocycles. The van der Waals surface area contributed by atoms with Crippen LogP contribution >= 0.6 is 41.5 Å². The van der Waals surface area contributed by atoms with Gasteiger partial charge >= 0.3 is 43.7 Å². The van der Waals surface area contributed by atoms with Crippen molar-refractivity contribution in [3.8, 4) is 0 Å². The van der Waals surface area contributed by atoms with Crippen molar-refractivity contribution in [2.45, 2.75) is 13.8 Å². The van der Waals surface area contributed by atoms with Gasteiger partial charge in [0.15, 0.2) is 0 Å².